The van der Waals surface area contributed by atoms with Crippen molar-refractivity contribution in [3.8, 4) is 28.1 Å². The Morgan fingerprint density at radius 2 is 2.24 bits per heavy atom. The predicted molar refractivity (Wildman–Crippen MR) is 83.4 cm³/mol. The second-order valence-corrected chi connectivity index (χ2v) is 6.22. The van der Waals surface area contributed by atoms with E-state index in [9.17, 15) is 0 Å². The molecule has 0 saturated heterocycles. The number of fused-ring (bicyclic) bond motifs is 1. The lowest BCUT2D eigenvalue weighted by Crippen LogP contribution is -1.93. The molecule has 0 aromatic carbocycles. The first-order chi connectivity index (χ1) is 10.4. The van der Waals surface area contributed by atoms with E-state index >= 15 is 0 Å². The van der Waals surface area contributed by atoms with Gasteiger partial charge >= 0.3 is 0 Å². The predicted octanol–water partition coefficient (Wildman–Crippen LogP) is 4.45. The molecule has 21 heavy (non-hydrogen) atoms. The number of rotatable bonds is 3. The van der Waals surface area contributed by atoms with Gasteiger partial charge in [0.05, 0.1) is 35.0 Å². The van der Waals surface area contributed by atoms with E-state index in [4.69, 9.17) is 9.68 Å². The Hall–Kier alpha value is -2.36. The molecule has 0 N–H and O–H groups in total. The van der Waals surface area contributed by atoms with Crippen LogP contribution in [-0.2, 0) is 6.42 Å². The molecular weight excluding hydrogens is 302 g/mol. The van der Waals surface area contributed by atoms with E-state index in [0.717, 1.165) is 22.0 Å². The highest BCUT2D eigenvalue weighted by atomic mass is 32.1. The van der Waals surface area contributed by atoms with Gasteiger partial charge in [-0.25, -0.2) is 4.98 Å². The minimum atomic E-state index is 0.298. The summed E-state index contributed by atoms with van der Waals surface area (Å²) in [6.07, 6.45) is 1.92. The monoisotopic (exact) mass is 311 g/mol. The molecule has 0 saturated carbocycles. The van der Waals surface area contributed by atoms with Crippen LogP contribution in [-0.4, -0.2) is 9.38 Å². The molecule has 0 atom stereocenters. The maximum absolute atomic E-state index is 9.16. The summed E-state index contributed by atoms with van der Waals surface area (Å²) in [4.78, 5) is 6.70. The molecule has 4 nitrogen and oxygen atoms in total. The first-order valence-electron chi connectivity index (χ1n) is 6.32. The van der Waals surface area contributed by atoms with Crippen LogP contribution < -0.4 is 0 Å². The first kappa shape index (κ1) is 12.4. The van der Waals surface area contributed by atoms with Crippen LogP contribution in [0, 0.1) is 11.3 Å². The molecule has 0 aliphatic rings. The fraction of sp³-hybridized carbons (Fsp3) is 0.0667. The quantitative estimate of drug-likeness (QED) is 0.561. The van der Waals surface area contributed by atoms with Gasteiger partial charge in [-0.3, -0.25) is 4.40 Å². The summed E-state index contributed by atoms with van der Waals surface area (Å²) < 4.78 is 7.53. The Morgan fingerprint density at radius 3 is 2.95 bits per heavy atom. The van der Waals surface area contributed by atoms with Crippen molar-refractivity contribution in [2.45, 2.75) is 6.42 Å². The molecule has 0 radical (unpaired) electrons. The number of aromatic nitrogens is 2. The van der Waals surface area contributed by atoms with Gasteiger partial charge in [0.1, 0.15) is 5.69 Å². The number of furan rings is 1. The maximum atomic E-state index is 9.16. The van der Waals surface area contributed by atoms with Crippen molar-refractivity contribution in [1.29, 1.82) is 5.26 Å². The summed E-state index contributed by atoms with van der Waals surface area (Å²) in [6.45, 7) is 0. The van der Waals surface area contributed by atoms with E-state index in [1.54, 1.807) is 28.9 Å². The van der Waals surface area contributed by atoms with Gasteiger partial charge < -0.3 is 4.42 Å². The summed E-state index contributed by atoms with van der Waals surface area (Å²) in [7, 11) is 0. The molecule has 4 rings (SSSR count). The van der Waals surface area contributed by atoms with E-state index in [1.165, 1.54) is 4.88 Å². The summed E-state index contributed by atoms with van der Waals surface area (Å²) in [5, 5.41) is 13.3. The minimum absolute atomic E-state index is 0.298. The number of hydrogen-bond acceptors (Lipinski definition) is 5. The van der Waals surface area contributed by atoms with Crippen LogP contribution in [0.3, 0.4) is 0 Å². The van der Waals surface area contributed by atoms with Crippen LogP contribution in [0.4, 0.5) is 0 Å². The van der Waals surface area contributed by atoms with Crippen LogP contribution in [0.1, 0.15) is 5.69 Å². The molecule has 0 aliphatic carbocycles. The van der Waals surface area contributed by atoms with Crippen LogP contribution in [0.5, 0.6) is 0 Å². The minimum Gasteiger partial charge on any atom is -0.463 e. The average Bonchev–Trinajstić information content (AvgIpc) is 3.25. The summed E-state index contributed by atoms with van der Waals surface area (Å²) >= 11 is 3.26. The number of hydrogen-bond donors (Lipinski definition) is 0. The Kier molecular flexibility index (Phi) is 2.88. The summed E-state index contributed by atoms with van der Waals surface area (Å²) in [5.41, 5.74) is 2.72. The molecule has 0 spiro atoms. The van der Waals surface area contributed by atoms with Crippen molar-refractivity contribution in [3.63, 3.8) is 0 Å². The summed E-state index contributed by atoms with van der Waals surface area (Å²) in [6, 6.07) is 10.0. The molecule has 6 heteroatoms. The highest BCUT2D eigenvalue weighted by Crippen LogP contribution is 2.34. The third-order valence-corrected chi connectivity index (χ3v) is 4.95. The SMILES string of the molecule is N#CCc1c(-c2ccco2)nc2scc(-c3cccs3)n12. The molecule has 4 aromatic rings. The van der Waals surface area contributed by atoms with E-state index in [0.29, 0.717) is 12.2 Å². The third kappa shape index (κ3) is 1.90. The molecule has 102 valence electrons. The number of thiophene rings is 1. The van der Waals surface area contributed by atoms with Gasteiger partial charge in [0, 0.05) is 5.38 Å². The molecule has 0 aliphatic heterocycles. The Bertz CT molecular complexity index is 924. The van der Waals surface area contributed by atoms with Gasteiger partial charge in [-0.2, -0.15) is 5.26 Å². The van der Waals surface area contributed by atoms with Crippen molar-refractivity contribution >= 4 is 27.6 Å². The van der Waals surface area contributed by atoms with Crippen molar-refractivity contribution in [2.24, 2.45) is 0 Å². The Balaban J connectivity index is 2.01. The van der Waals surface area contributed by atoms with Crippen molar-refractivity contribution in [1.82, 2.24) is 9.38 Å². The average molecular weight is 311 g/mol. The molecule has 0 fully saturated rings. The van der Waals surface area contributed by atoms with Crippen LogP contribution in [0.25, 0.3) is 27.0 Å². The molecule has 0 unspecified atom stereocenters. The normalized spacial score (nSPS) is 11.0. The number of thiazole rings is 1. The first-order valence-corrected chi connectivity index (χ1v) is 8.08. The summed E-state index contributed by atoms with van der Waals surface area (Å²) in [5.74, 6) is 0.702. The maximum Gasteiger partial charge on any atom is 0.195 e. The van der Waals surface area contributed by atoms with E-state index in [1.807, 2.05) is 23.6 Å². The highest BCUT2D eigenvalue weighted by Gasteiger charge is 2.20. The van der Waals surface area contributed by atoms with Gasteiger partial charge in [-0.1, -0.05) is 6.07 Å². The molecule has 4 aromatic heterocycles. The van der Waals surface area contributed by atoms with Crippen LogP contribution in [0.2, 0.25) is 0 Å². The third-order valence-electron chi connectivity index (χ3n) is 3.23. The van der Waals surface area contributed by atoms with Crippen molar-refractivity contribution in [2.75, 3.05) is 0 Å². The smallest absolute Gasteiger partial charge is 0.195 e. The van der Waals surface area contributed by atoms with Gasteiger partial charge in [0.25, 0.3) is 0 Å². The molecule has 0 amide bonds. The van der Waals surface area contributed by atoms with Gasteiger partial charge in [-0.05, 0) is 23.6 Å². The van der Waals surface area contributed by atoms with Crippen LogP contribution >= 0.6 is 22.7 Å². The fourth-order valence-electron chi connectivity index (χ4n) is 2.36. The zero-order valence-electron chi connectivity index (χ0n) is 10.8. The lowest BCUT2D eigenvalue weighted by molar-refractivity contribution is 0.580. The lowest BCUT2D eigenvalue weighted by atomic mass is 10.2. The molecule has 4 heterocycles. The lowest BCUT2D eigenvalue weighted by Gasteiger charge is -2.01. The second kappa shape index (κ2) is 4.88. The highest BCUT2D eigenvalue weighted by molar-refractivity contribution is 7.17. The number of imidazole rings is 1. The van der Waals surface area contributed by atoms with Crippen molar-refractivity contribution < 1.29 is 4.42 Å². The number of nitrogens with zero attached hydrogens (tertiary/aromatic N) is 3. The topological polar surface area (TPSA) is 54.2 Å². The second-order valence-electron chi connectivity index (χ2n) is 4.44. The molecular formula is C15H9N3OS2. The zero-order valence-corrected chi connectivity index (χ0v) is 12.4. The molecule has 0 bridgehead atoms. The zero-order chi connectivity index (χ0) is 14.2. The van der Waals surface area contributed by atoms with E-state index in [2.05, 4.69) is 26.9 Å². The standard InChI is InChI=1S/C15H9N3OS2/c16-6-5-10-14(12-3-1-7-19-12)17-15-18(10)11(9-21-15)13-4-2-8-20-13/h1-4,7-9H,5H2. The van der Waals surface area contributed by atoms with E-state index < -0.39 is 0 Å². The Labute approximate surface area is 128 Å². The van der Waals surface area contributed by atoms with E-state index in [-0.39, 0.29) is 0 Å². The fourth-order valence-corrected chi connectivity index (χ4v) is 4.07. The largest absolute Gasteiger partial charge is 0.463 e. The van der Waals surface area contributed by atoms with Crippen molar-refractivity contribution in [3.05, 3.63) is 47.0 Å². The van der Waals surface area contributed by atoms with Gasteiger partial charge in [-0.15, -0.1) is 22.7 Å². The van der Waals surface area contributed by atoms with Crippen LogP contribution in [0.15, 0.2) is 45.7 Å². The van der Waals surface area contributed by atoms with Gasteiger partial charge in [0.15, 0.2) is 10.7 Å². The number of nitriles is 1. The Morgan fingerprint density at radius 1 is 1.29 bits per heavy atom. The van der Waals surface area contributed by atoms with Gasteiger partial charge in [0.2, 0.25) is 0 Å².